The van der Waals surface area contributed by atoms with Crippen LogP contribution in [0.3, 0.4) is 0 Å². The summed E-state index contributed by atoms with van der Waals surface area (Å²) in [4.78, 5) is 12.9. The smallest absolute Gasteiger partial charge is 0.234 e. The molecule has 3 heteroatoms. The van der Waals surface area contributed by atoms with Gasteiger partial charge < -0.3 is 5.73 Å². The summed E-state index contributed by atoms with van der Waals surface area (Å²) in [5.74, 6) is 0. The number of unbranched alkanes of at least 4 members (excludes halogenated alkanes) is 2. The van der Waals surface area contributed by atoms with Crippen LogP contribution in [0.2, 0.25) is 0 Å². The summed E-state index contributed by atoms with van der Waals surface area (Å²) in [6.45, 7) is 1.33. The lowest BCUT2D eigenvalue weighted by Gasteiger charge is -1.91. The van der Waals surface area contributed by atoms with Crippen LogP contribution in [0.15, 0.2) is 4.99 Å². The van der Waals surface area contributed by atoms with Crippen LogP contribution in [0.5, 0.6) is 0 Å². The van der Waals surface area contributed by atoms with Crippen molar-refractivity contribution in [3.8, 4) is 0 Å². The third-order valence-corrected chi connectivity index (χ3v) is 1.04. The molecular weight excluding hydrogens is 116 g/mol. The summed E-state index contributed by atoms with van der Waals surface area (Å²) in [7, 11) is 0. The molecular formula is C6H12N2O. The molecule has 0 aliphatic rings. The van der Waals surface area contributed by atoms with Crippen molar-refractivity contribution in [1.29, 1.82) is 0 Å². The van der Waals surface area contributed by atoms with Crippen molar-refractivity contribution in [2.24, 2.45) is 10.7 Å². The highest BCUT2D eigenvalue weighted by atomic mass is 16.1. The lowest BCUT2D eigenvalue weighted by molar-refractivity contribution is 0.561. The molecule has 9 heavy (non-hydrogen) atoms. The molecule has 0 aromatic rings. The van der Waals surface area contributed by atoms with Gasteiger partial charge in [0.15, 0.2) is 0 Å². The number of hydrogen-bond donors (Lipinski definition) is 1. The first kappa shape index (κ1) is 8.34. The molecule has 0 aliphatic heterocycles. The molecule has 0 aliphatic carbocycles. The molecule has 0 atom stereocenters. The van der Waals surface area contributed by atoms with Gasteiger partial charge in [-0.1, -0.05) is 6.42 Å². The number of hydrogen-bond acceptors (Lipinski definition) is 3. The predicted octanol–water partition coefficient (Wildman–Crippen LogP) is 0.451. The van der Waals surface area contributed by atoms with E-state index in [1.165, 1.54) is 6.08 Å². The Bertz CT molecular complexity index is 97.2. The van der Waals surface area contributed by atoms with Gasteiger partial charge in [-0.25, -0.2) is 9.79 Å². The molecule has 0 aromatic heterocycles. The first-order valence-electron chi connectivity index (χ1n) is 3.15. The Hall–Kier alpha value is -0.660. The molecule has 0 radical (unpaired) electrons. The molecule has 3 nitrogen and oxygen atoms in total. The van der Waals surface area contributed by atoms with Crippen LogP contribution >= 0.6 is 0 Å². The summed E-state index contributed by atoms with van der Waals surface area (Å²) in [5, 5.41) is 0. The SMILES string of the molecule is NCCCCCN=C=O. The summed E-state index contributed by atoms with van der Waals surface area (Å²) >= 11 is 0. The Labute approximate surface area is 55.0 Å². The number of carbonyl (C=O) groups excluding carboxylic acids is 1. The van der Waals surface area contributed by atoms with E-state index in [-0.39, 0.29) is 0 Å². The van der Waals surface area contributed by atoms with Crippen molar-refractivity contribution in [3.05, 3.63) is 0 Å². The quantitative estimate of drug-likeness (QED) is 0.332. The second-order valence-electron chi connectivity index (χ2n) is 1.82. The van der Waals surface area contributed by atoms with Gasteiger partial charge in [0.2, 0.25) is 6.08 Å². The van der Waals surface area contributed by atoms with E-state index in [1.807, 2.05) is 0 Å². The van der Waals surface area contributed by atoms with Crippen LogP contribution < -0.4 is 5.73 Å². The van der Waals surface area contributed by atoms with Crippen molar-refractivity contribution in [1.82, 2.24) is 0 Å². The Balaban J connectivity index is 2.82. The van der Waals surface area contributed by atoms with Gasteiger partial charge in [-0.15, -0.1) is 0 Å². The minimum atomic E-state index is 0.601. The number of nitrogens with zero attached hydrogens (tertiary/aromatic N) is 1. The van der Waals surface area contributed by atoms with Crippen LogP contribution in [0.4, 0.5) is 0 Å². The third-order valence-electron chi connectivity index (χ3n) is 1.04. The van der Waals surface area contributed by atoms with Crippen molar-refractivity contribution in [3.63, 3.8) is 0 Å². The van der Waals surface area contributed by atoms with Crippen LogP contribution in [-0.4, -0.2) is 19.2 Å². The van der Waals surface area contributed by atoms with Gasteiger partial charge in [0.05, 0.1) is 6.54 Å². The molecule has 0 heterocycles. The van der Waals surface area contributed by atoms with Gasteiger partial charge in [-0.05, 0) is 19.4 Å². The molecule has 0 fully saturated rings. The topological polar surface area (TPSA) is 55.4 Å². The summed E-state index contributed by atoms with van der Waals surface area (Å²) in [6.07, 6.45) is 4.52. The maximum absolute atomic E-state index is 9.52. The Morgan fingerprint density at radius 1 is 1.33 bits per heavy atom. The molecule has 0 rings (SSSR count). The molecule has 0 unspecified atom stereocenters. The Morgan fingerprint density at radius 2 is 2.11 bits per heavy atom. The predicted molar refractivity (Wildman–Crippen MR) is 35.9 cm³/mol. The summed E-state index contributed by atoms with van der Waals surface area (Å²) < 4.78 is 0. The summed E-state index contributed by atoms with van der Waals surface area (Å²) in [6, 6.07) is 0. The van der Waals surface area contributed by atoms with Crippen LogP contribution in [0.25, 0.3) is 0 Å². The van der Waals surface area contributed by atoms with Crippen molar-refractivity contribution in [2.75, 3.05) is 13.1 Å². The van der Waals surface area contributed by atoms with Gasteiger partial charge in [0.1, 0.15) is 0 Å². The average Bonchev–Trinajstić information content (AvgIpc) is 1.89. The molecule has 0 amide bonds. The van der Waals surface area contributed by atoms with E-state index in [1.54, 1.807) is 0 Å². The molecule has 0 aromatic carbocycles. The van der Waals surface area contributed by atoms with Gasteiger partial charge in [-0.2, -0.15) is 0 Å². The maximum Gasteiger partial charge on any atom is 0.234 e. The molecule has 2 N–H and O–H groups in total. The number of rotatable bonds is 5. The first-order valence-corrected chi connectivity index (χ1v) is 3.15. The lowest BCUT2D eigenvalue weighted by Crippen LogP contribution is -1.97. The van der Waals surface area contributed by atoms with Gasteiger partial charge >= 0.3 is 0 Å². The first-order chi connectivity index (χ1) is 4.41. The van der Waals surface area contributed by atoms with Gasteiger partial charge in [-0.3, -0.25) is 0 Å². The fourth-order valence-corrected chi connectivity index (χ4v) is 0.558. The van der Waals surface area contributed by atoms with Gasteiger partial charge in [0, 0.05) is 0 Å². The monoisotopic (exact) mass is 128 g/mol. The Morgan fingerprint density at radius 3 is 2.67 bits per heavy atom. The maximum atomic E-state index is 9.52. The van der Waals surface area contributed by atoms with Crippen LogP contribution in [0.1, 0.15) is 19.3 Å². The van der Waals surface area contributed by atoms with E-state index < -0.39 is 0 Å². The largest absolute Gasteiger partial charge is 0.330 e. The van der Waals surface area contributed by atoms with Crippen molar-refractivity contribution < 1.29 is 4.79 Å². The van der Waals surface area contributed by atoms with Crippen LogP contribution in [-0.2, 0) is 4.79 Å². The standard InChI is InChI=1S/C6H12N2O/c7-4-2-1-3-5-8-6-9/h1-5,7H2. The highest BCUT2D eigenvalue weighted by Gasteiger charge is 1.83. The van der Waals surface area contributed by atoms with E-state index in [2.05, 4.69) is 4.99 Å². The average molecular weight is 128 g/mol. The van der Waals surface area contributed by atoms with Gasteiger partial charge in [0.25, 0.3) is 0 Å². The zero-order valence-corrected chi connectivity index (χ0v) is 5.47. The van der Waals surface area contributed by atoms with Crippen LogP contribution in [0, 0.1) is 0 Å². The zero-order chi connectivity index (χ0) is 6.95. The molecule has 0 saturated heterocycles. The fourth-order valence-electron chi connectivity index (χ4n) is 0.558. The normalized spacial score (nSPS) is 8.56. The minimum Gasteiger partial charge on any atom is -0.330 e. The molecule has 0 spiro atoms. The highest BCUT2D eigenvalue weighted by Crippen LogP contribution is 1.91. The third kappa shape index (κ3) is 7.34. The molecule has 52 valence electrons. The molecule has 0 saturated carbocycles. The number of isocyanates is 1. The number of nitrogens with two attached hydrogens (primary N) is 1. The fraction of sp³-hybridized carbons (Fsp3) is 0.833. The molecule has 0 bridgehead atoms. The Kier molecular flexibility index (Phi) is 6.80. The second kappa shape index (κ2) is 7.34. The van der Waals surface area contributed by atoms with E-state index in [0.29, 0.717) is 6.54 Å². The minimum absolute atomic E-state index is 0.601. The van der Waals surface area contributed by atoms with E-state index in [9.17, 15) is 4.79 Å². The van der Waals surface area contributed by atoms with E-state index in [0.717, 1.165) is 25.8 Å². The highest BCUT2D eigenvalue weighted by molar-refractivity contribution is 5.32. The lowest BCUT2D eigenvalue weighted by atomic mass is 10.2. The van der Waals surface area contributed by atoms with E-state index >= 15 is 0 Å². The van der Waals surface area contributed by atoms with E-state index in [4.69, 9.17) is 5.73 Å². The summed E-state index contributed by atoms with van der Waals surface area (Å²) in [5.41, 5.74) is 5.24. The number of aliphatic imine (C=N–C) groups is 1. The van der Waals surface area contributed by atoms with Crippen molar-refractivity contribution in [2.45, 2.75) is 19.3 Å². The zero-order valence-electron chi connectivity index (χ0n) is 5.47. The second-order valence-corrected chi connectivity index (χ2v) is 1.82. The van der Waals surface area contributed by atoms with Crippen molar-refractivity contribution >= 4 is 6.08 Å².